The van der Waals surface area contributed by atoms with Crippen LogP contribution < -0.4 is 0 Å². The van der Waals surface area contributed by atoms with Gasteiger partial charge in [-0.3, -0.25) is 4.79 Å². The zero-order valence-corrected chi connectivity index (χ0v) is 10.9. The van der Waals surface area contributed by atoms with Crippen molar-refractivity contribution in [3.8, 4) is 0 Å². The van der Waals surface area contributed by atoms with E-state index in [0.717, 1.165) is 0 Å². The van der Waals surface area contributed by atoms with Gasteiger partial charge in [-0.1, -0.05) is 23.2 Å². The molecule has 0 aromatic heterocycles. The van der Waals surface area contributed by atoms with E-state index in [0.29, 0.717) is 5.69 Å². The molecule has 86 valence electrons. The number of hydrogen-bond donors (Lipinski definition) is 0. The van der Waals surface area contributed by atoms with Gasteiger partial charge in [0.25, 0.3) is 5.24 Å². The van der Waals surface area contributed by atoms with Gasteiger partial charge in [-0.15, -0.1) is 0 Å². The van der Waals surface area contributed by atoms with E-state index < -0.39 is 5.24 Å². The summed E-state index contributed by atoms with van der Waals surface area (Å²) < 4.78 is 0. The van der Waals surface area contributed by atoms with Crippen LogP contribution in [0, 0.1) is 0 Å². The maximum absolute atomic E-state index is 10.9. The third-order valence-corrected chi connectivity index (χ3v) is 2.46. The second kappa shape index (κ2) is 5.53. The van der Waals surface area contributed by atoms with Crippen molar-refractivity contribution in [2.45, 2.75) is 0 Å². The predicted molar refractivity (Wildman–Crippen MR) is 68.5 cm³/mol. The van der Waals surface area contributed by atoms with Crippen LogP contribution in [0.25, 0.3) is 0 Å². The van der Waals surface area contributed by atoms with Crippen molar-refractivity contribution < 1.29 is 4.79 Å². The lowest BCUT2D eigenvalue weighted by Crippen LogP contribution is -2.07. The van der Waals surface area contributed by atoms with Crippen LogP contribution in [-0.2, 0) is 0 Å². The number of nitrogens with zero attached hydrogens (tertiary/aromatic N) is 2. The van der Waals surface area contributed by atoms with Gasteiger partial charge in [0.05, 0.1) is 16.4 Å². The Morgan fingerprint density at radius 2 is 1.81 bits per heavy atom. The van der Waals surface area contributed by atoms with Crippen LogP contribution >= 0.6 is 34.8 Å². The molecule has 0 amide bonds. The van der Waals surface area contributed by atoms with E-state index in [1.54, 1.807) is 11.2 Å². The summed E-state index contributed by atoms with van der Waals surface area (Å²) in [6.07, 6.45) is 1.56. The Labute approximate surface area is 109 Å². The molecule has 1 aromatic rings. The molecule has 0 aliphatic rings. The van der Waals surface area contributed by atoms with Gasteiger partial charge in [0.1, 0.15) is 5.69 Å². The first-order valence-electron chi connectivity index (χ1n) is 4.31. The van der Waals surface area contributed by atoms with Crippen LogP contribution in [-0.4, -0.2) is 30.6 Å². The van der Waals surface area contributed by atoms with E-state index in [4.69, 9.17) is 34.8 Å². The van der Waals surface area contributed by atoms with Crippen molar-refractivity contribution in [3.05, 3.63) is 27.7 Å². The highest BCUT2D eigenvalue weighted by atomic mass is 35.5. The van der Waals surface area contributed by atoms with Gasteiger partial charge < -0.3 is 4.90 Å². The maximum atomic E-state index is 10.9. The molecule has 3 nitrogen and oxygen atoms in total. The highest BCUT2D eigenvalue weighted by molar-refractivity contribution is 6.68. The Bertz CT molecular complexity index is 421. The van der Waals surface area contributed by atoms with E-state index >= 15 is 0 Å². The Balaban J connectivity index is 3.18. The van der Waals surface area contributed by atoms with E-state index in [1.807, 2.05) is 14.1 Å². The van der Waals surface area contributed by atoms with Gasteiger partial charge in [-0.25, -0.2) is 4.99 Å². The highest BCUT2D eigenvalue weighted by Crippen LogP contribution is 2.34. The summed E-state index contributed by atoms with van der Waals surface area (Å²) in [5.74, 6) is 0. The van der Waals surface area contributed by atoms with Crippen LogP contribution in [0.2, 0.25) is 10.0 Å². The average Bonchev–Trinajstić information content (AvgIpc) is 2.15. The van der Waals surface area contributed by atoms with Crippen molar-refractivity contribution in [2.24, 2.45) is 4.99 Å². The molecule has 0 bridgehead atoms. The second-order valence-electron chi connectivity index (χ2n) is 3.27. The van der Waals surface area contributed by atoms with Crippen LogP contribution in [0.4, 0.5) is 5.69 Å². The molecule has 0 saturated carbocycles. The van der Waals surface area contributed by atoms with Crippen molar-refractivity contribution in [1.29, 1.82) is 0 Å². The number of carbonyl (C=O) groups excluding carboxylic acids is 1. The second-order valence-corrected chi connectivity index (χ2v) is 4.43. The summed E-state index contributed by atoms with van der Waals surface area (Å²) in [5.41, 5.74) is 0.666. The first-order valence-corrected chi connectivity index (χ1v) is 5.44. The summed E-state index contributed by atoms with van der Waals surface area (Å²) >= 11 is 17.2. The smallest absolute Gasteiger partial charge is 0.252 e. The standard InChI is InChI=1S/C10H9Cl3N2O/c1-15(2)5-14-9-7(11)3-6(10(13)16)4-8(9)12/h3-5H,1-2H3/b14-5+. The predicted octanol–water partition coefficient (Wildman–Crippen LogP) is 3.59. The molecule has 0 radical (unpaired) electrons. The number of rotatable bonds is 3. The molecule has 0 spiro atoms. The molecule has 16 heavy (non-hydrogen) atoms. The largest absolute Gasteiger partial charge is 0.369 e. The lowest BCUT2D eigenvalue weighted by Gasteiger charge is -2.06. The molecular formula is C10H9Cl3N2O. The molecule has 6 heteroatoms. The normalized spacial score (nSPS) is 10.8. The number of carbonyl (C=O) groups is 1. The molecule has 1 aromatic carbocycles. The minimum Gasteiger partial charge on any atom is -0.369 e. The molecule has 0 aliphatic heterocycles. The molecular weight excluding hydrogens is 270 g/mol. The summed E-state index contributed by atoms with van der Waals surface area (Å²) in [5, 5.41) is -0.0314. The summed E-state index contributed by atoms with van der Waals surface area (Å²) in [4.78, 5) is 16.8. The summed E-state index contributed by atoms with van der Waals surface area (Å²) in [6.45, 7) is 0. The minimum absolute atomic E-state index is 0.250. The van der Waals surface area contributed by atoms with Crippen LogP contribution in [0.1, 0.15) is 10.4 Å². The van der Waals surface area contributed by atoms with Crippen molar-refractivity contribution in [3.63, 3.8) is 0 Å². The van der Waals surface area contributed by atoms with Crippen molar-refractivity contribution in [1.82, 2.24) is 4.90 Å². The Hall–Kier alpha value is -0.770. The van der Waals surface area contributed by atoms with Gasteiger partial charge in [0.2, 0.25) is 0 Å². The Morgan fingerprint density at radius 1 is 1.31 bits per heavy atom. The van der Waals surface area contributed by atoms with E-state index in [9.17, 15) is 4.79 Å². The van der Waals surface area contributed by atoms with E-state index in [-0.39, 0.29) is 15.6 Å². The van der Waals surface area contributed by atoms with E-state index in [2.05, 4.69) is 4.99 Å². The number of hydrogen-bond acceptors (Lipinski definition) is 2. The molecule has 0 aliphatic carbocycles. The molecule has 0 heterocycles. The SMILES string of the molecule is CN(C)/C=N/c1c(Cl)cc(C(=O)Cl)cc1Cl. The molecule has 0 fully saturated rings. The minimum atomic E-state index is -0.605. The first-order chi connectivity index (χ1) is 7.41. The van der Waals surface area contributed by atoms with Gasteiger partial charge in [-0.05, 0) is 23.7 Å². The molecule has 0 N–H and O–H groups in total. The third-order valence-electron chi connectivity index (χ3n) is 1.66. The molecule has 0 saturated heterocycles. The maximum Gasteiger partial charge on any atom is 0.252 e. The van der Waals surface area contributed by atoms with Crippen molar-refractivity contribution >= 4 is 52.1 Å². The van der Waals surface area contributed by atoms with E-state index in [1.165, 1.54) is 12.1 Å². The quantitative estimate of drug-likeness (QED) is 0.481. The average molecular weight is 280 g/mol. The topological polar surface area (TPSA) is 32.7 Å². The lowest BCUT2D eigenvalue weighted by atomic mass is 10.2. The fourth-order valence-corrected chi connectivity index (χ4v) is 1.67. The molecule has 0 unspecified atom stereocenters. The zero-order valence-electron chi connectivity index (χ0n) is 8.67. The first kappa shape index (κ1) is 13.3. The van der Waals surface area contributed by atoms with Gasteiger partial charge in [-0.2, -0.15) is 0 Å². The fraction of sp³-hybridized carbons (Fsp3) is 0.200. The Morgan fingerprint density at radius 3 is 2.19 bits per heavy atom. The number of halogens is 3. The van der Waals surface area contributed by atoms with Gasteiger partial charge in [0.15, 0.2) is 0 Å². The lowest BCUT2D eigenvalue weighted by molar-refractivity contribution is 0.108. The molecule has 1 rings (SSSR count). The van der Waals surface area contributed by atoms with Gasteiger partial charge in [0, 0.05) is 19.7 Å². The highest BCUT2D eigenvalue weighted by Gasteiger charge is 2.10. The summed E-state index contributed by atoms with van der Waals surface area (Å²) in [7, 11) is 3.64. The van der Waals surface area contributed by atoms with Crippen molar-refractivity contribution in [2.75, 3.05) is 14.1 Å². The Kier molecular flexibility index (Phi) is 4.59. The monoisotopic (exact) mass is 278 g/mol. The summed E-state index contributed by atoms with van der Waals surface area (Å²) in [6, 6.07) is 2.87. The van der Waals surface area contributed by atoms with Gasteiger partial charge >= 0.3 is 0 Å². The van der Waals surface area contributed by atoms with Crippen LogP contribution in [0.3, 0.4) is 0 Å². The van der Waals surface area contributed by atoms with Crippen LogP contribution in [0.15, 0.2) is 17.1 Å². The molecule has 0 atom stereocenters. The zero-order chi connectivity index (χ0) is 12.3. The van der Waals surface area contributed by atoms with Crippen LogP contribution in [0.5, 0.6) is 0 Å². The number of benzene rings is 1. The third kappa shape index (κ3) is 3.37. The number of aliphatic imine (C=N–C) groups is 1. The fourth-order valence-electron chi connectivity index (χ4n) is 0.976.